The van der Waals surface area contributed by atoms with E-state index in [1.54, 1.807) is 0 Å². The van der Waals surface area contributed by atoms with Gasteiger partial charge in [-0.25, -0.2) is 0 Å². The van der Waals surface area contributed by atoms with Crippen molar-refractivity contribution in [1.82, 2.24) is 0 Å². The number of allylic oxidation sites excluding steroid dienone is 3. The van der Waals surface area contributed by atoms with Gasteiger partial charge in [0.2, 0.25) is 1.43 Å². The molecule has 1 saturated heterocycles. The molecule has 0 amide bonds. The monoisotopic (exact) mass is 407 g/mol. The predicted molar refractivity (Wildman–Crippen MR) is 111 cm³/mol. The first-order chi connectivity index (χ1) is 15.1. The van der Waals surface area contributed by atoms with Gasteiger partial charge in [0.1, 0.15) is 12.2 Å². The first-order valence-electron chi connectivity index (χ1n) is 12.4. The zero-order valence-corrected chi connectivity index (χ0v) is 17.9. The predicted octanol–water partition coefficient (Wildman–Crippen LogP) is 4.20. The minimum absolute atomic E-state index is 0.0909. The Morgan fingerprint density at radius 3 is 2.93 bits per heavy atom. The van der Waals surface area contributed by atoms with Gasteiger partial charge in [0.05, 0.1) is 18.4 Å². The van der Waals surface area contributed by atoms with E-state index in [9.17, 15) is 9.59 Å². The van der Waals surface area contributed by atoms with Gasteiger partial charge in [-0.05, 0) is 49.0 Å². The van der Waals surface area contributed by atoms with Crippen LogP contribution < -0.4 is 0 Å². The average molecular weight is 408 g/mol. The van der Waals surface area contributed by atoms with Gasteiger partial charge in [0.15, 0.2) is 0 Å². The first-order valence-corrected chi connectivity index (χ1v) is 11.0. The molecule has 1 heterocycles. The smallest absolute Gasteiger partial charge is 0.308 e. The van der Waals surface area contributed by atoms with Crippen molar-refractivity contribution in [2.75, 3.05) is 0 Å². The van der Waals surface area contributed by atoms with Crippen LogP contribution in [0.3, 0.4) is 0 Å². The van der Waals surface area contributed by atoms with Crippen molar-refractivity contribution in [3.8, 4) is 0 Å². The van der Waals surface area contributed by atoms with Gasteiger partial charge in [-0.2, -0.15) is 0 Å². The summed E-state index contributed by atoms with van der Waals surface area (Å²) >= 11 is 0. The molecule has 8 atom stereocenters. The van der Waals surface area contributed by atoms with Crippen LogP contribution in [0.25, 0.3) is 0 Å². The molecule has 1 unspecified atom stereocenters. The molecule has 0 aromatic carbocycles. The molecular formula is C24H36O5. The Morgan fingerprint density at radius 2 is 2.21 bits per heavy atom. The summed E-state index contributed by atoms with van der Waals surface area (Å²) in [6, 6.07) is 0. The number of fused-ring (bicyclic) bond motifs is 1. The van der Waals surface area contributed by atoms with Gasteiger partial charge in [0.25, 0.3) is 0 Å². The highest BCUT2D eigenvalue weighted by atomic mass is 16.5. The normalized spacial score (nSPS) is 41.1. The molecule has 5 heteroatoms. The molecule has 162 valence electrons. The second-order valence-corrected chi connectivity index (χ2v) is 9.05. The third-order valence-corrected chi connectivity index (χ3v) is 6.73. The van der Waals surface area contributed by atoms with Gasteiger partial charge in [-0.1, -0.05) is 45.9 Å². The van der Waals surface area contributed by atoms with Crippen molar-refractivity contribution in [1.29, 1.82) is 1.43 Å². The summed E-state index contributed by atoms with van der Waals surface area (Å²) in [5, 5.41) is 4.51. The Balaban J connectivity index is 1.74. The lowest BCUT2D eigenvalue weighted by molar-refractivity contribution is -0.162. The average Bonchev–Trinajstić information content (AvgIpc) is 2.74. The van der Waals surface area contributed by atoms with E-state index in [0.717, 1.165) is 19.3 Å². The fraction of sp³-hybridized carbons (Fsp3) is 0.750. The number of carbonyl (C=O) groups is 2. The Hall–Kier alpha value is -1.62. The number of carbonyl (C=O) groups excluding carboxylic acids is 2. The fourth-order valence-electron chi connectivity index (χ4n) is 4.87. The summed E-state index contributed by atoms with van der Waals surface area (Å²) in [7, 11) is 0. The lowest BCUT2D eigenvalue weighted by Crippen LogP contribution is -2.42. The Kier molecular flexibility index (Phi) is 5.93. The minimum Gasteiger partial charge on any atom is -0.462 e. The SMILES string of the molecule is [2H]O[C@@H]1CC(CC[C@@H]2[C@@H]3C(=C[C@H](C)C[C@@H]3OC(=O)[C@@H](C)CC)C=C[C@@H]2C)OC(=O)C1([2H])[2H]. The third kappa shape index (κ3) is 5.30. The number of aliphatic hydroxyl groups is 1. The van der Waals surface area contributed by atoms with Crippen LogP contribution in [0.4, 0.5) is 0 Å². The third-order valence-electron chi connectivity index (χ3n) is 6.73. The maximum atomic E-state index is 12.6. The number of ether oxygens (including phenoxy) is 2. The zero-order chi connectivity index (χ0) is 23.6. The van der Waals surface area contributed by atoms with Crippen LogP contribution in [0.15, 0.2) is 23.8 Å². The molecule has 0 aromatic heterocycles. The summed E-state index contributed by atoms with van der Waals surface area (Å²) in [5.74, 6) is -0.348. The highest BCUT2D eigenvalue weighted by Gasteiger charge is 2.42. The molecular weight excluding hydrogens is 368 g/mol. The zero-order valence-electron chi connectivity index (χ0n) is 20.9. The van der Waals surface area contributed by atoms with Gasteiger partial charge in [-0.15, -0.1) is 0 Å². The number of hydrogen-bond donors (Lipinski definition) is 1. The molecule has 0 bridgehead atoms. The van der Waals surface area contributed by atoms with E-state index in [1.165, 1.54) is 5.57 Å². The number of hydrogen-bond acceptors (Lipinski definition) is 5. The van der Waals surface area contributed by atoms with Crippen molar-refractivity contribution in [3.63, 3.8) is 0 Å². The molecule has 1 N–H and O–H groups in total. The van der Waals surface area contributed by atoms with Crippen LogP contribution in [-0.2, 0) is 19.1 Å². The standard InChI is InChI=1S/C24H36O5/c1-5-15(3)24(27)29-21-11-14(2)10-17-7-6-16(4)20(23(17)21)9-8-19-12-18(25)13-22(26)28-19/h6-7,10,14-16,18-21,23,25H,5,8-9,11-13H2,1-4H3/t14-,15-,16-,18+,19?,20-,21-,23-/m0/s1/i13D2,25D. The van der Waals surface area contributed by atoms with Gasteiger partial charge in [-0.3, -0.25) is 9.59 Å². The second-order valence-electron chi connectivity index (χ2n) is 9.05. The maximum Gasteiger partial charge on any atom is 0.308 e. The van der Waals surface area contributed by atoms with E-state index in [2.05, 4.69) is 37.2 Å². The molecule has 0 aromatic rings. The van der Waals surface area contributed by atoms with Crippen LogP contribution in [0.5, 0.6) is 0 Å². The number of cyclic esters (lactones) is 1. The topological polar surface area (TPSA) is 72.8 Å². The quantitative estimate of drug-likeness (QED) is 0.641. The Bertz CT molecular complexity index is 765. The lowest BCUT2D eigenvalue weighted by atomic mass is 9.65. The second kappa shape index (κ2) is 9.46. The fourth-order valence-corrected chi connectivity index (χ4v) is 4.87. The van der Waals surface area contributed by atoms with Crippen LogP contribution in [0, 0.1) is 29.6 Å². The summed E-state index contributed by atoms with van der Waals surface area (Å²) in [5.41, 5.74) is 1.21. The Labute approximate surface area is 178 Å². The largest absolute Gasteiger partial charge is 0.462 e. The number of rotatable bonds is 7. The lowest BCUT2D eigenvalue weighted by Gasteiger charge is -2.43. The number of aliphatic hydroxyl groups excluding tert-OH is 1. The van der Waals surface area contributed by atoms with E-state index >= 15 is 0 Å². The first kappa shape index (κ1) is 18.2. The molecule has 2 aliphatic carbocycles. The van der Waals surface area contributed by atoms with E-state index in [1.807, 2.05) is 13.8 Å². The van der Waals surface area contributed by atoms with Crippen molar-refractivity contribution < 1.29 is 26.9 Å². The van der Waals surface area contributed by atoms with Gasteiger partial charge >= 0.3 is 11.9 Å². The highest BCUT2D eigenvalue weighted by Crippen LogP contribution is 2.45. The molecule has 3 aliphatic rings. The summed E-state index contributed by atoms with van der Waals surface area (Å²) in [6.07, 6.45) is 5.51. The molecule has 0 spiro atoms. The van der Waals surface area contributed by atoms with E-state index < -0.39 is 24.6 Å². The molecule has 1 fully saturated rings. The Morgan fingerprint density at radius 1 is 1.41 bits per heavy atom. The van der Waals surface area contributed by atoms with Crippen LogP contribution in [0.1, 0.15) is 68.9 Å². The van der Waals surface area contributed by atoms with E-state index in [-0.39, 0.29) is 42.2 Å². The van der Waals surface area contributed by atoms with Crippen LogP contribution in [0.2, 0.25) is 0 Å². The maximum absolute atomic E-state index is 12.6. The van der Waals surface area contributed by atoms with Crippen LogP contribution >= 0.6 is 0 Å². The van der Waals surface area contributed by atoms with Crippen molar-refractivity contribution in [2.45, 2.75) is 84.5 Å². The van der Waals surface area contributed by atoms with Gasteiger partial charge < -0.3 is 14.6 Å². The summed E-state index contributed by atoms with van der Waals surface area (Å²) in [4.78, 5) is 24.7. The summed E-state index contributed by atoms with van der Waals surface area (Å²) < 4.78 is 34.2. The van der Waals surface area contributed by atoms with Crippen molar-refractivity contribution in [2.24, 2.45) is 29.6 Å². The number of esters is 2. The molecule has 5 nitrogen and oxygen atoms in total. The van der Waals surface area contributed by atoms with E-state index in [0.29, 0.717) is 12.3 Å². The van der Waals surface area contributed by atoms with Gasteiger partial charge in [0, 0.05) is 15.1 Å². The highest BCUT2D eigenvalue weighted by molar-refractivity contribution is 5.72. The minimum atomic E-state index is -2.30. The van der Waals surface area contributed by atoms with E-state index in [4.69, 9.17) is 13.6 Å². The van der Waals surface area contributed by atoms with Crippen LogP contribution in [-0.4, -0.2) is 36.8 Å². The molecule has 0 saturated carbocycles. The molecule has 1 aliphatic heterocycles. The van der Waals surface area contributed by atoms with Crippen molar-refractivity contribution >= 4 is 11.9 Å². The molecule has 3 rings (SSSR count). The molecule has 29 heavy (non-hydrogen) atoms. The summed E-state index contributed by atoms with van der Waals surface area (Å²) in [6.45, 7) is 8.18. The molecule has 0 radical (unpaired) electrons. The van der Waals surface area contributed by atoms with Crippen molar-refractivity contribution in [3.05, 3.63) is 23.8 Å².